The van der Waals surface area contributed by atoms with E-state index in [1.54, 1.807) is 18.6 Å². The van der Waals surface area contributed by atoms with Crippen molar-refractivity contribution in [2.24, 2.45) is 5.41 Å². The van der Waals surface area contributed by atoms with Gasteiger partial charge in [0.15, 0.2) is 5.60 Å². The van der Waals surface area contributed by atoms with Crippen molar-refractivity contribution in [3.05, 3.63) is 43.0 Å². The van der Waals surface area contributed by atoms with Crippen molar-refractivity contribution in [2.75, 3.05) is 11.9 Å². The number of carbonyl (C=O) groups excluding carboxylic acids is 1. The molecule has 1 spiro atoms. The maximum Gasteiger partial charge on any atom is 0.417 e. The van der Waals surface area contributed by atoms with E-state index in [0.717, 1.165) is 22.2 Å². The van der Waals surface area contributed by atoms with Gasteiger partial charge >= 0.3 is 12.2 Å². The number of piperidine rings is 1. The summed E-state index contributed by atoms with van der Waals surface area (Å²) in [7, 11) is 0. The summed E-state index contributed by atoms with van der Waals surface area (Å²) >= 11 is 0. The van der Waals surface area contributed by atoms with E-state index in [4.69, 9.17) is 5.10 Å². The molecule has 10 nitrogen and oxygen atoms in total. The minimum absolute atomic E-state index is 0.0623. The van der Waals surface area contributed by atoms with Gasteiger partial charge in [0.1, 0.15) is 11.4 Å². The van der Waals surface area contributed by atoms with Crippen LogP contribution < -0.4 is 5.32 Å². The average molecular weight is 569 g/mol. The van der Waals surface area contributed by atoms with E-state index in [0.29, 0.717) is 36.5 Å². The van der Waals surface area contributed by atoms with Gasteiger partial charge < -0.3 is 15.3 Å². The Kier molecular flexibility index (Phi) is 6.14. The minimum Gasteiger partial charge on any atom is -0.380 e. The molecule has 2 fully saturated rings. The second-order valence-corrected chi connectivity index (χ2v) is 12.3. The quantitative estimate of drug-likeness (QED) is 0.304. The van der Waals surface area contributed by atoms with Crippen molar-refractivity contribution in [2.45, 2.75) is 70.3 Å². The van der Waals surface area contributed by atoms with Crippen LogP contribution in [-0.2, 0) is 6.54 Å². The third kappa shape index (κ3) is 4.92. The van der Waals surface area contributed by atoms with Crippen molar-refractivity contribution in [3.63, 3.8) is 0 Å². The number of halogens is 3. The Labute approximate surface area is 234 Å². The molecule has 3 N–H and O–H groups in total. The lowest BCUT2D eigenvalue weighted by Crippen LogP contribution is -2.60. The molecule has 2 aliphatic rings. The molecule has 4 aromatic heterocycles. The number of anilines is 1. The summed E-state index contributed by atoms with van der Waals surface area (Å²) in [5, 5.41) is 25.8. The highest BCUT2D eigenvalue weighted by Gasteiger charge is 2.65. The summed E-state index contributed by atoms with van der Waals surface area (Å²) in [5.74, 6) is 0. The molecule has 0 bridgehead atoms. The van der Waals surface area contributed by atoms with Gasteiger partial charge in [-0.25, -0.2) is 4.79 Å². The summed E-state index contributed by atoms with van der Waals surface area (Å²) < 4.78 is 42.4. The number of aromatic nitrogens is 6. The second kappa shape index (κ2) is 9.26. The van der Waals surface area contributed by atoms with E-state index >= 15 is 0 Å². The fourth-order valence-electron chi connectivity index (χ4n) is 5.66. The highest BCUT2D eigenvalue weighted by atomic mass is 19.4. The number of rotatable bonds is 4. The minimum atomic E-state index is -4.75. The van der Waals surface area contributed by atoms with Crippen molar-refractivity contribution in [1.82, 2.24) is 34.8 Å². The molecule has 2 amide bonds. The van der Waals surface area contributed by atoms with Gasteiger partial charge in [-0.1, -0.05) is 20.8 Å². The fraction of sp³-hybridized carbons (Fsp3) is 0.464. The third-order valence-electron chi connectivity index (χ3n) is 7.88. The first-order valence-corrected chi connectivity index (χ1v) is 13.5. The molecule has 1 atom stereocenters. The molecule has 0 aromatic carbocycles. The molecule has 216 valence electrons. The van der Waals surface area contributed by atoms with Crippen molar-refractivity contribution in [1.29, 1.82) is 0 Å². The number of amides is 2. The topological polar surface area (TPSA) is 125 Å². The zero-order chi connectivity index (χ0) is 29.2. The molecule has 1 aliphatic carbocycles. The first kappa shape index (κ1) is 27.2. The Morgan fingerprint density at radius 3 is 2.61 bits per heavy atom. The normalized spacial score (nSPS) is 20.5. The van der Waals surface area contributed by atoms with Gasteiger partial charge in [-0.05, 0) is 36.5 Å². The monoisotopic (exact) mass is 568 g/mol. The number of nitrogens with one attached hydrogen (secondary N) is 2. The molecule has 5 heterocycles. The van der Waals surface area contributed by atoms with Gasteiger partial charge in [-0.15, -0.1) is 0 Å². The summed E-state index contributed by atoms with van der Waals surface area (Å²) in [6, 6.07) is 5.13. The predicted molar refractivity (Wildman–Crippen MR) is 146 cm³/mol. The van der Waals surface area contributed by atoms with Crippen LogP contribution in [0, 0.1) is 5.41 Å². The molecule has 1 saturated heterocycles. The van der Waals surface area contributed by atoms with Crippen LogP contribution in [0.2, 0.25) is 0 Å². The maximum atomic E-state index is 13.5. The van der Waals surface area contributed by atoms with Gasteiger partial charge in [-0.2, -0.15) is 23.4 Å². The first-order valence-electron chi connectivity index (χ1n) is 13.5. The van der Waals surface area contributed by atoms with Crippen molar-refractivity contribution >= 4 is 22.6 Å². The molecule has 1 saturated carbocycles. The summed E-state index contributed by atoms with van der Waals surface area (Å²) in [6.07, 6.45) is 1.61. The van der Waals surface area contributed by atoms with E-state index in [1.165, 1.54) is 11.1 Å². The number of nitrogens with zero attached hydrogens (tertiary/aromatic N) is 6. The summed E-state index contributed by atoms with van der Waals surface area (Å²) in [5.41, 5.74) is -0.0626. The SMILES string of the molecule is CC(C)(C)Cn1nc(-c2cccnc2)c2cnc(-c3[nH]ncc3NC(=O)N3CC[C@](O)(C(F)(F)F)CC34CC4)cc21. The molecule has 6 rings (SSSR count). The van der Waals surface area contributed by atoms with Gasteiger partial charge in [0.05, 0.1) is 23.1 Å². The largest absolute Gasteiger partial charge is 0.417 e. The lowest BCUT2D eigenvalue weighted by atomic mass is 9.84. The summed E-state index contributed by atoms with van der Waals surface area (Å²) in [6.45, 7) is 6.80. The maximum absolute atomic E-state index is 13.5. The van der Waals surface area contributed by atoms with Crippen LogP contribution in [0.25, 0.3) is 33.5 Å². The first-order chi connectivity index (χ1) is 19.3. The number of H-pyrrole nitrogens is 1. The van der Waals surface area contributed by atoms with E-state index in [1.807, 2.05) is 22.9 Å². The molecular weight excluding hydrogens is 537 g/mol. The van der Waals surface area contributed by atoms with E-state index < -0.39 is 36.2 Å². The average Bonchev–Trinajstić information content (AvgIpc) is 3.34. The number of pyridine rings is 2. The van der Waals surface area contributed by atoms with Crippen LogP contribution >= 0.6 is 0 Å². The van der Waals surface area contributed by atoms with Crippen LogP contribution in [0.5, 0.6) is 0 Å². The molecular formula is C28H31F3N8O2. The molecule has 41 heavy (non-hydrogen) atoms. The Balaban J connectivity index is 1.30. The number of aliphatic hydroxyl groups is 1. The number of urea groups is 1. The number of carbonyl (C=O) groups is 1. The highest BCUT2D eigenvalue weighted by molar-refractivity contribution is 5.97. The smallest absolute Gasteiger partial charge is 0.380 e. The Morgan fingerprint density at radius 1 is 1.17 bits per heavy atom. The third-order valence-corrected chi connectivity index (χ3v) is 7.88. The van der Waals surface area contributed by atoms with Crippen LogP contribution in [0.3, 0.4) is 0 Å². The van der Waals surface area contributed by atoms with Crippen LogP contribution in [0.4, 0.5) is 23.7 Å². The van der Waals surface area contributed by atoms with Gasteiger partial charge in [0.25, 0.3) is 0 Å². The number of alkyl halides is 3. The predicted octanol–water partition coefficient (Wildman–Crippen LogP) is 5.38. The Morgan fingerprint density at radius 2 is 1.95 bits per heavy atom. The van der Waals surface area contributed by atoms with Gasteiger partial charge in [0, 0.05) is 61.0 Å². The van der Waals surface area contributed by atoms with Crippen LogP contribution in [-0.4, -0.2) is 69.8 Å². The lowest BCUT2D eigenvalue weighted by Gasteiger charge is -2.45. The van der Waals surface area contributed by atoms with Gasteiger partial charge in [-0.3, -0.25) is 19.7 Å². The molecule has 4 aromatic rings. The van der Waals surface area contributed by atoms with Crippen molar-refractivity contribution < 1.29 is 23.1 Å². The Bertz CT molecular complexity index is 1600. The van der Waals surface area contributed by atoms with Crippen molar-refractivity contribution in [3.8, 4) is 22.6 Å². The van der Waals surface area contributed by atoms with E-state index in [-0.39, 0.29) is 12.0 Å². The lowest BCUT2D eigenvalue weighted by molar-refractivity contribution is -0.277. The number of hydrogen-bond acceptors (Lipinski definition) is 6. The van der Waals surface area contributed by atoms with Crippen LogP contribution in [0.1, 0.15) is 46.5 Å². The molecule has 13 heteroatoms. The van der Waals surface area contributed by atoms with E-state index in [2.05, 4.69) is 46.3 Å². The zero-order valence-corrected chi connectivity index (χ0v) is 23.0. The highest BCUT2D eigenvalue weighted by Crippen LogP contribution is 2.55. The standard InChI is InChI=1S/C28H31F3N8O2/c1-25(2,3)16-39-21-11-19(33-13-18(21)22(37-39)17-5-4-9-32-12-17)23-20(14-34-36-23)35-24(40)38-10-8-27(41,28(29,30)31)15-26(38)6-7-26/h4-5,9,11-14,41H,6-8,10,15-16H2,1-3H3,(H,34,36)(H,35,40)/t27-/m1/s1. The number of aromatic amines is 1. The van der Waals surface area contributed by atoms with Crippen LogP contribution in [0.15, 0.2) is 43.0 Å². The fourth-order valence-corrected chi connectivity index (χ4v) is 5.66. The van der Waals surface area contributed by atoms with E-state index in [9.17, 15) is 23.1 Å². The zero-order valence-electron chi connectivity index (χ0n) is 23.0. The Hall–Kier alpha value is -4.00. The molecule has 0 radical (unpaired) electrons. The number of likely N-dealkylation sites (tertiary alicyclic amines) is 1. The second-order valence-electron chi connectivity index (χ2n) is 12.3. The molecule has 1 aliphatic heterocycles. The number of hydrogen-bond donors (Lipinski definition) is 3. The summed E-state index contributed by atoms with van der Waals surface area (Å²) in [4.78, 5) is 23.6. The number of fused-ring (bicyclic) bond motifs is 1. The molecule has 0 unspecified atom stereocenters. The van der Waals surface area contributed by atoms with Gasteiger partial charge in [0.2, 0.25) is 0 Å².